The highest BCUT2D eigenvalue weighted by Gasteiger charge is 2.39. The number of hydrogen-bond acceptors (Lipinski definition) is 5. The zero-order valence-electron chi connectivity index (χ0n) is 12.0. The van der Waals surface area contributed by atoms with Crippen LogP contribution in [-0.4, -0.2) is 36.5 Å². The number of fused-ring (bicyclic) bond motifs is 1. The highest BCUT2D eigenvalue weighted by molar-refractivity contribution is 5.80. The number of esters is 1. The molecule has 2 rings (SSSR count). The molecule has 5 heteroatoms. The van der Waals surface area contributed by atoms with E-state index in [0.717, 1.165) is 5.56 Å². The van der Waals surface area contributed by atoms with Gasteiger partial charge in [0, 0.05) is 5.92 Å². The molecule has 0 radical (unpaired) electrons. The predicted molar refractivity (Wildman–Crippen MR) is 73.1 cm³/mol. The molecule has 1 aromatic carbocycles. The molecule has 0 aliphatic carbocycles. The maximum atomic E-state index is 11.8. The van der Waals surface area contributed by atoms with E-state index in [2.05, 4.69) is 0 Å². The van der Waals surface area contributed by atoms with Gasteiger partial charge in [0.1, 0.15) is 13.2 Å². The van der Waals surface area contributed by atoms with Crippen LogP contribution in [0.2, 0.25) is 0 Å². The molecule has 0 saturated heterocycles. The Morgan fingerprint density at radius 1 is 1.40 bits per heavy atom. The lowest BCUT2D eigenvalue weighted by Gasteiger charge is -2.29. The average Bonchev–Trinajstić information content (AvgIpc) is 2.46. The van der Waals surface area contributed by atoms with Crippen LogP contribution in [0.15, 0.2) is 18.2 Å². The van der Waals surface area contributed by atoms with Crippen molar-refractivity contribution in [3.63, 3.8) is 0 Å². The lowest BCUT2D eigenvalue weighted by molar-refractivity contribution is -0.165. The number of rotatable bonds is 4. The summed E-state index contributed by atoms with van der Waals surface area (Å²) in [5.41, 5.74) is -0.785. The normalized spacial score (nSPS) is 18.0. The van der Waals surface area contributed by atoms with Gasteiger partial charge in [0.15, 0.2) is 17.1 Å². The molecule has 20 heavy (non-hydrogen) atoms. The maximum Gasteiger partial charge on any atom is 0.338 e. The monoisotopic (exact) mass is 280 g/mol. The van der Waals surface area contributed by atoms with Crippen molar-refractivity contribution in [1.82, 2.24) is 0 Å². The summed E-state index contributed by atoms with van der Waals surface area (Å²) in [6.45, 7) is 6.22. The van der Waals surface area contributed by atoms with Gasteiger partial charge in [-0.1, -0.05) is 13.0 Å². The Morgan fingerprint density at radius 3 is 2.70 bits per heavy atom. The number of carbonyl (C=O) groups excluding carboxylic acids is 1. The van der Waals surface area contributed by atoms with Crippen LogP contribution in [0.5, 0.6) is 11.5 Å². The van der Waals surface area contributed by atoms with E-state index in [1.165, 1.54) is 6.92 Å². The first-order valence-corrected chi connectivity index (χ1v) is 6.76. The molecule has 0 bridgehead atoms. The van der Waals surface area contributed by atoms with Gasteiger partial charge in [-0.05, 0) is 31.5 Å². The van der Waals surface area contributed by atoms with Gasteiger partial charge in [0.25, 0.3) is 0 Å². The summed E-state index contributed by atoms with van der Waals surface area (Å²) >= 11 is 0. The zero-order chi connectivity index (χ0) is 14.8. The molecule has 0 spiro atoms. The second-order valence-electron chi connectivity index (χ2n) is 4.99. The molecular formula is C15H20O5. The Labute approximate surface area is 118 Å². The second-order valence-corrected chi connectivity index (χ2v) is 4.99. The summed E-state index contributed by atoms with van der Waals surface area (Å²) in [5.74, 6) is 0.281. The van der Waals surface area contributed by atoms with Crippen molar-refractivity contribution >= 4 is 5.97 Å². The number of hydrogen-bond donors (Lipinski definition) is 1. The number of benzene rings is 1. The van der Waals surface area contributed by atoms with Crippen molar-refractivity contribution < 1.29 is 24.1 Å². The highest BCUT2D eigenvalue weighted by Crippen LogP contribution is 2.36. The first-order chi connectivity index (χ1) is 9.46. The minimum absolute atomic E-state index is 0.239. The molecule has 110 valence electrons. The number of ether oxygens (including phenoxy) is 3. The molecule has 0 fully saturated rings. The van der Waals surface area contributed by atoms with E-state index in [9.17, 15) is 9.90 Å². The Hall–Kier alpha value is -1.75. The van der Waals surface area contributed by atoms with Crippen LogP contribution >= 0.6 is 0 Å². The Kier molecular flexibility index (Phi) is 4.18. The molecule has 5 nitrogen and oxygen atoms in total. The smallest absolute Gasteiger partial charge is 0.338 e. The van der Waals surface area contributed by atoms with E-state index in [1.807, 2.05) is 6.07 Å². The van der Waals surface area contributed by atoms with E-state index < -0.39 is 17.5 Å². The van der Waals surface area contributed by atoms with E-state index >= 15 is 0 Å². The summed E-state index contributed by atoms with van der Waals surface area (Å²) in [7, 11) is 0. The Morgan fingerprint density at radius 2 is 2.05 bits per heavy atom. The molecule has 2 unspecified atom stereocenters. The lowest BCUT2D eigenvalue weighted by atomic mass is 9.84. The fraction of sp³-hybridized carbons (Fsp3) is 0.533. The van der Waals surface area contributed by atoms with Crippen molar-refractivity contribution in [2.45, 2.75) is 32.3 Å². The van der Waals surface area contributed by atoms with E-state index in [-0.39, 0.29) is 6.61 Å². The predicted octanol–water partition coefficient (Wildman–Crippen LogP) is 1.88. The van der Waals surface area contributed by atoms with E-state index in [4.69, 9.17) is 14.2 Å². The summed E-state index contributed by atoms with van der Waals surface area (Å²) < 4.78 is 15.9. The van der Waals surface area contributed by atoms with Crippen LogP contribution < -0.4 is 9.47 Å². The van der Waals surface area contributed by atoms with Crippen LogP contribution in [0.1, 0.15) is 32.3 Å². The van der Waals surface area contributed by atoms with Crippen LogP contribution in [0.25, 0.3) is 0 Å². The molecule has 2 atom stereocenters. The molecule has 1 heterocycles. The van der Waals surface area contributed by atoms with Crippen molar-refractivity contribution in [2.75, 3.05) is 19.8 Å². The van der Waals surface area contributed by atoms with Crippen molar-refractivity contribution in [3.05, 3.63) is 23.8 Å². The molecule has 1 aliphatic rings. The van der Waals surface area contributed by atoms with Gasteiger partial charge in [-0.3, -0.25) is 0 Å². The third kappa shape index (κ3) is 2.72. The second kappa shape index (κ2) is 5.71. The summed E-state index contributed by atoms with van der Waals surface area (Å²) in [4.78, 5) is 11.8. The standard InChI is InChI=1S/C15H20O5/c1-4-18-14(16)15(3,17)10(2)11-5-6-12-13(9-11)20-8-7-19-12/h5-6,9-10,17H,4,7-8H2,1-3H3. The Bertz CT molecular complexity index is 495. The lowest BCUT2D eigenvalue weighted by Crippen LogP contribution is -2.41. The number of carbonyl (C=O) groups is 1. The van der Waals surface area contributed by atoms with Gasteiger partial charge >= 0.3 is 5.97 Å². The van der Waals surface area contributed by atoms with Crippen molar-refractivity contribution in [2.24, 2.45) is 0 Å². The van der Waals surface area contributed by atoms with Gasteiger partial charge in [-0.2, -0.15) is 0 Å². The molecule has 0 saturated carbocycles. The van der Waals surface area contributed by atoms with Gasteiger partial charge < -0.3 is 19.3 Å². The zero-order valence-corrected chi connectivity index (χ0v) is 12.0. The van der Waals surface area contributed by atoms with Crippen LogP contribution in [-0.2, 0) is 9.53 Å². The highest BCUT2D eigenvalue weighted by atomic mass is 16.6. The van der Waals surface area contributed by atoms with Crippen molar-refractivity contribution in [3.8, 4) is 11.5 Å². The maximum absolute atomic E-state index is 11.8. The fourth-order valence-electron chi connectivity index (χ4n) is 2.11. The molecule has 0 aromatic heterocycles. The largest absolute Gasteiger partial charge is 0.486 e. The summed E-state index contributed by atoms with van der Waals surface area (Å²) in [6.07, 6.45) is 0. The molecule has 1 aliphatic heterocycles. The van der Waals surface area contributed by atoms with Crippen molar-refractivity contribution in [1.29, 1.82) is 0 Å². The minimum atomic E-state index is -1.58. The Balaban J connectivity index is 2.24. The fourth-order valence-corrected chi connectivity index (χ4v) is 2.11. The molecule has 1 aromatic rings. The van der Waals surface area contributed by atoms with Gasteiger partial charge in [-0.25, -0.2) is 4.79 Å². The SMILES string of the molecule is CCOC(=O)C(C)(O)C(C)c1ccc2c(c1)OCCO2. The molecule has 1 N–H and O–H groups in total. The third-order valence-corrected chi connectivity index (χ3v) is 3.60. The van der Waals surface area contributed by atoms with E-state index in [0.29, 0.717) is 24.7 Å². The van der Waals surface area contributed by atoms with Crippen LogP contribution in [0.4, 0.5) is 0 Å². The first-order valence-electron chi connectivity index (χ1n) is 6.76. The molecule has 0 amide bonds. The number of aliphatic hydroxyl groups is 1. The minimum Gasteiger partial charge on any atom is -0.486 e. The van der Waals surface area contributed by atoms with Gasteiger partial charge in [0.05, 0.1) is 6.61 Å². The summed E-state index contributed by atoms with van der Waals surface area (Å²) in [5, 5.41) is 10.4. The first kappa shape index (κ1) is 14.7. The van der Waals surface area contributed by atoms with Crippen LogP contribution in [0.3, 0.4) is 0 Å². The van der Waals surface area contributed by atoms with Gasteiger partial charge in [-0.15, -0.1) is 0 Å². The average molecular weight is 280 g/mol. The van der Waals surface area contributed by atoms with Crippen LogP contribution in [0, 0.1) is 0 Å². The quantitative estimate of drug-likeness (QED) is 0.853. The topological polar surface area (TPSA) is 65.0 Å². The van der Waals surface area contributed by atoms with E-state index in [1.54, 1.807) is 26.0 Å². The third-order valence-electron chi connectivity index (χ3n) is 3.60. The van der Waals surface area contributed by atoms with Gasteiger partial charge in [0.2, 0.25) is 0 Å². The summed E-state index contributed by atoms with van der Waals surface area (Å²) in [6, 6.07) is 5.42. The molecular weight excluding hydrogens is 260 g/mol.